The molecule has 1 rings (SSSR count). The predicted octanol–water partition coefficient (Wildman–Crippen LogP) is -0.882. The maximum atomic E-state index is 10.9. The fourth-order valence-electron chi connectivity index (χ4n) is 1.30. The lowest BCUT2D eigenvalue weighted by Crippen LogP contribution is -2.33. The first-order chi connectivity index (χ1) is 8.95. The summed E-state index contributed by atoms with van der Waals surface area (Å²) in [6.07, 6.45) is -3.09. The Morgan fingerprint density at radius 1 is 1.26 bits per heavy atom. The van der Waals surface area contributed by atoms with Crippen LogP contribution in [0.3, 0.4) is 0 Å². The number of carbonyl (C=O) groups is 2. The Labute approximate surface area is 109 Å². The van der Waals surface area contributed by atoms with Gasteiger partial charge in [-0.25, -0.2) is 4.79 Å². The summed E-state index contributed by atoms with van der Waals surface area (Å²) in [6, 6.07) is 5.86. The lowest BCUT2D eigenvalue weighted by Gasteiger charge is -2.15. The van der Waals surface area contributed by atoms with E-state index in [0.717, 1.165) is 0 Å². The van der Waals surface area contributed by atoms with Gasteiger partial charge in [0.15, 0.2) is 12.7 Å². The van der Waals surface area contributed by atoms with Crippen LogP contribution in [0.4, 0.5) is 0 Å². The lowest BCUT2D eigenvalue weighted by atomic mass is 10.0. The van der Waals surface area contributed by atoms with E-state index in [1.165, 1.54) is 31.4 Å². The molecule has 7 nitrogen and oxygen atoms in total. The van der Waals surface area contributed by atoms with E-state index >= 15 is 0 Å². The van der Waals surface area contributed by atoms with Gasteiger partial charge in [0.1, 0.15) is 11.9 Å². The van der Waals surface area contributed by atoms with Crippen LogP contribution < -0.4 is 10.5 Å². The van der Waals surface area contributed by atoms with Gasteiger partial charge in [-0.15, -0.1) is 0 Å². The van der Waals surface area contributed by atoms with E-state index in [1.54, 1.807) is 0 Å². The molecule has 0 radical (unpaired) electrons. The average molecular weight is 269 g/mol. The Morgan fingerprint density at radius 2 is 1.84 bits per heavy atom. The Morgan fingerprint density at radius 3 is 2.32 bits per heavy atom. The van der Waals surface area contributed by atoms with E-state index in [1.807, 2.05) is 0 Å². The van der Waals surface area contributed by atoms with Crippen LogP contribution in [0.25, 0.3) is 0 Å². The molecule has 2 unspecified atom stereocenters. The Bertz CT molecular complexity index is 444. The van der Waals surface area contributed by atoms with Crippen LogP contribution >= 0.6 is 0 Å². The number of rotatable bonds is 6. The Balaban J connectivity index is 2.65. The maximum Gasteiger partial charge on any atom is 0.343 e. The van der Waals surface area contributed by atoms with Gasteiger partial charge < -0.3 is 25.4 Å². The molecule has 0 spiro atoms. The van der Waals surface area contributed by atoms with Crippen molar-refractivity contribution in [3.63, 3.8) is 0 Å². The van der Waals surface area contributed by atoms with Crippen molar-refractivity contribution in [1.82, 2.24) is 0 Å². The number of ether oxygens (including phenoxy) is 2. The smallest absolute Gasteiger partial charge is 0.343 e. The second kappa shape index (κ2) is 6.72. The molecule has 1 aromatic rings. The third-order valence-electron chi connectivity index (χ3n) is 2.40. The number of aliphatic hydroxyl groups excluding tert-OH is 2. The average Bonchev–Trinajstić information content (AvgIpc) is 2.43. The molecule has 0 heterocycles. The first-order valence-corrected chi connectivity index (χ1v) is 5.40. The molecule has 1 aromatic carbocycles. The van der Waals surface area contributed by atoms with Gasteiger partial charge in [-0.2, -0.15) is 0 Å². The molecule has 4 N–H and O–H groups in total. The van der Waals surface area contributed by atoms with Crippen molar-refractivity contribution in [2.75, 3.05) is 13.7 Å². The van der Waals surface area contributed by atoms with Crippen molar-refractivity contribution in [3.8, 4) is 5.75 Å². The zero-order chi connectivity index (χ0) is 14.4. The minimum absolute atomic E-state index is 0.234. The van der Waals surface area contributed by atoms with Crippen LogP contribution in [0.1, 0.15) is 11.7 Å². The molecule has 0 fully saturated rings. The second-order valence-corrected chi connectivity index (χ2v) is 3.73. The van der Waals surface area contributed by atoms with Crippen LogP contribution in [0.15, 0.2) is 24.3 Å². The number of aliphatic hydroxyl groups is 2. The normalized spacial score (nSPS) is 13.4. The molecule has 2 atom stereocenters. The maximum absolute atomic E-state index is 10.9. The molecule has 0 aromatic heterocycles. The lowest BCUT2D eigenvalue weighted by molar-refractivity contribution is -0.143. The van der Waals surface area contributed by atoms with Crippen molar-refractivity contribution >= 4 is 11.9 Å². The molecular formula is C12H15NO6. The molecule has 19 heavy (non-hydrogen) atoms. The predicted molar refractivity (Wildman–Crippen MR) is 64.1 cm³/mol. The number of nitrogens with two attached hydrogens (primary N) is 1. The fraction of sp³-hybridized carbons (Fsp3) is 0.333. The number of esters is 1. The summed E-state index contributed by atoms with van der Waals surface area (Å²) in [4.78, 5) is 21.6. The van der Waals surface area contributed by atoms with Crippen molar-refractivity contribution in [1.29, 1.82) is 0 Å². The van der Waals surface area contributed by atoms with Crippen LogP contribution in [-0.4, -0.2) is 41.9 Å². The Kier molecular flexibility index (Phi) is 5.28. The van der Waals surface area contributed by atoms with Gasteiger partial charge in [0.05, 0.1) is 7.11 Å². The summed E-state index contributed by atoms with van der Waals surface area (Å²) in [5, 5.41) is 18.9. The topological polar surface area (TPSA) is 119 Å². The highest BCUT2D eigenvalue weighted by molar-refractivity contribution is 5.79. The van der Waals surface area contributed by atoms with Gasteiger partial charge in [0.25, 0.3) is 0 Å². The van der Waals surface area contributed by atoms with E-state index in [-0.39, 0.29) is 6.61 Å². The number of hydrogen-bond donors (Lipinski definition) is 3. The molecular weight excluding hydrogens is 254 g/mol. The summed E-state index contributed by atoms with van der Waals surface area (Å²) < 4.78 is 9.49. The van der Waals surface area contributed by atoms with Crippen molar-refractivity contribution in [2.45, 2.75) is 12.2 Å². The zero-order valence-electron chi connectivity index (χ0n) is 10.3. The van der Waals surface area contributed by atoms with Gasteiger partial charge in [-0.05, 0) is 17.7 Å². The van der Waals surface area contributed by atoms with Crippen LogP contribution in [0, 0.1) is 0 Å². The number of hydrogen-bond acceptors (Lipinski definition) is 6. The van der Waals surface area contributed by atoms with Crippen LogP contribution in [0.2, 0.25) is 0 Å². The number of primary amides is 1. The first-order valence-electron chi connectivity index (χ1n) is 5.40. The number of methoxy groups -OCH3 is 1. The Hall–Kier alpha value is -2.12. The summed E-state index contributed by atoms with van der Waals surface area (Å²) in [5.74, 6) is -1.15. The van der Waals surface area contributed by atoms with Gasteiger partial charge in [-0.1, -0.05) is 12.1 Å². The van der Waals surface area contributed by atoms with E-state index < -0.39 is 24.1 Å². The third kappa shape index (κ3) is 4.23. The molecule has 1 amide bonds. The summed E-state index contributed by atoms with van der Waals surface area (Å²) in [5.41, 5.74) is 5.18. The zero-order valence-corrected chi connectivity index (χ0v) is 10.3. The van der Waals surface area contributed by atoms with E-state index in [2.05, 4.69) is 4.74 Å². The monoisotopic (exact) mass is 269 g/mol. The molecule has 104 valence electrons. The summed E-state index contributed by atoms with van der Waals surface area (Å²) >= 11 is 0. The third-order valence-corrected chi connectivity index (χ3v) is 2.40. The molecule has 7 heteroatoms. The largest absolute Gasteiger partial charge is 0.482 e. The second-order valence-electron chi connectivity index (χ2n) is 3.73. The van der Waals surface area contributed by atoms with Gasteiger partial charge >= 0.3 is 5.97 Å². The minimum Gasteiger partial charge on any atom is -0.482 e. The molecule has 0 bridgehead atoms. The first kappa shape index (κ1) is 14.9. The van der Waals surface area contributed by atoms with Crippen molar-refractivity contribution in [3.05, 3.63) is 29.8 Å². The van der Waals surface area contributed by atoms with Gasteiger partial charge in [-0.3, -0.25) is 4.79 Å². The fourth-order valence-corrected chi connectivity index (χ4v) is 1.30. The van der Waals surface area contributed by atoms with Gasteiger partial charge in [0, 0.05) is 0 Å². The van der Waals surface area contributed by atoms with Crippen LogP contribution in [-0.2, 0) is 14.3 Å². The summed E-state index contributed by atoms with van der Waals surface area (Å²) in [7, 11) is 1.25. The standard InChI is InChI=1S/C12H15NO6/c1-18-9(14)6-19-8-4-2-7(3-5-8)10(15)11(16)12(13)17/h2-5,10-11,15-16H,6H2,1H3,(H2,13,17). The number of amides is 1. The van der Waals surface area contributed by atoms with Crippen LogP contribution in [0.5, 0.6) is 5.75 Å². The highest BCUT2D eigenvalue weighted by atomic mass is 16.6. The van der Waals surface area contributed by atoms with E-state index in [9.17, 15) is 19.8 Å². The molecule has 0 saturated heterocycles. The van der Waals surface area contributed by atoms with Gasteiger partial charge in [0.2, 0.25) is 5.91 Å². The number of carbonyl (C=O) groups excluding carboxylic acids is 2. The van der Waals surface area contributed by atoms with E-state index in [4.69, 9.17) is 10.5 Å². The van der Waals surface area contributed by atoms with Crippen molar-refractivity contribution in [2.24, 2.45) is 5.73 Å². The highest BCUT2D eigenvalue weighted by Crippen LogP contribution is 2.20. The SMILES string of the molecule is COC(=O)COc1ccc(C(O)C(O)C(N)=O)cc1. The highest BCUT2D eigenvalue weighted by Gasteiger charge is 2.23. The molecule has 0 aliphatic carbocycles. The summed E-state index contributed by atoms with van der Waals surface area (Å²) in [6.45, 7) is -0.234. The minimum atomic E-state index is -1.68. The molecule has 0 aliphatic heterocycles. The van der Waals surface area contributed by atoms with Crippen molar-refractivity contribution < 1.29 is 29.3 Å². The quantitative estimate of drug-likeness (QED) is 0.577. The number of benzene rings is 1. The molecule has 0 aliphatic rings. The molecule has 0 saturated carbocycles. The van der Waals surface area contributed by atoms with E-state index in [0.29, 0.717) is 11.3 Å².